The van der Waals surface area contributed by atoms with E-state index in [0.717, 1.165) is 11.0 Å². The smallest absolute Gasteiger partial charge is 0.113 e. The zero-order valence-electron chi connectivity index (χ0n) is 12.6. The maximum atomic E-state index is 4.46. The lowest BCUT2D eigenvalue weighted by Crippen LogP contribution is -2.07. The van der Waals surface area contributed by atoms with Crippen LogP contribution in [-0.2, 0) is 0 Å². The molecular weight excluding hydrogens is 270 g/mol. The first kappa shape index (κ1) is 13.3. The minimum absolute atomic E-state index is 0.951. The monoisotopic (exact) mass is 289 g/mol. The van der Waals surface area contributed by atoms with Crippen LogP contribution in [0.1, 0.15) is 37.7 Å². The third-order valence-corrected chi connectivity index (χ3v) is 4.40. The number of hydrogen-bond acceptors (Lipinski definition) is 2. The fourth-order valence-corrected chi connectivity index (χ4v) is 3.32. The summed E-state index contributed by atoms with van der Waals surface area (Å²) in [4.78, 5) is 0. The van der Waals surface area contributed by atoms with E-state index in [2.05, 4.69) is 52.8 Å². The molecule has 1 aliphatic carbocycles. The van der Waals surface area contributed by atoms with E-state index < -0.39 is 0 Å². The summed E-state index contributed by atoms with van der Waals surface area (Å²) in [6.07, 6.45) is 6.22. The summed E-state index contributed by atoms with van der Waals surface area (Å²) >= 11 is 0. The summed E-state index contributed by atoms with van der Waals surface area (Å²) in [6, 6.07) is 18.8. The topological polar surface area (TPSA) is 30.7 Å². The number of hydrogen-bond donors (Lipinski definition) is 0. The van der Waals surface area contributed by atoms with Gasteiger partial charge in [0.05, 0.1) is 11.2 Å². The van der Waals surface area contributed by atoms with Crippen molar-refractivity contribution < 1.29 is 0 Å². The van der Waals surface area contributed by atoms with Crippen LogP contribution in [0.3, 0.4) is 0 Å². The second-order valence-electron chi connectivity index (χ2n) is 5.87. The lowest BCUT2D eigenvalue weighted by atomic mass is 9.91. The Kier molecular flexibility index (Phi) is 3.47. The normalized spacial score (nSPS) is 15.2. The van der Waals surface area contributed by atoms with E-state index >= 15 is 0 Å². The Balaban J connectivity index is 1.95. The van der Waals surface area contributed by atoms with Crippen molar-refractivity contribution in [2.75, 3.05) is 0 Å². The maximum absolute atomic E-state index is 4.46. The molecule has 3 nitrogen and oxygen atoms in total. The molecule has 0 bridgehead atoms. The van der Waals surface area contributed by atoms with E-state index in [1.54, 1.807) is 0 Å². The highest BCUT2D eigenvalue weighted by Crippen LogP contribution is 2.32. The van der Waals surface area contributed by atoms with Gasteiger partial charge >= 0.3 is 0 Å². The van der Waals surface area contributed by atoms with Gasteiger partial charge in [-0.3, -0.25) is 0 Å². The Bertz CT molecular complexity index is 807. The molecule has 22 heavy (non-hydrogen) atoms. The lowest BCUT2D eigenvalue weighted by molar-refractivity contribution is 0.596. The molecule has 2 aromatic carbocycles. The van der Waals surface area contributed by atoms with Crippen molar-refractivity contribution in [1.29, 1.82) is 0 Å². The maximum Gasteiger partial charge on any atom is 0.113 e. The van der Waals surface area contributed by atoms with Crippen molar-refractivity contribution in [1.82, 2.24) is 15.0 Å². The SMILES string of the molecule is c1ccc(C(=C2CCCCC2)n2nnc3ccccc32)cc1. The Morgan fingerprint density at radius 2 is 1.55 bits per heavy atom. The van der Waals surface area contributed by atoms with E-state index in [4.69, 9.17) is 0 Å². The van der Waals surface area contributed by atoms with E-state index in [1.807, 2.05) is 16.8 Å². The summed E-state index contributed by atoms with van der Waals surface area (Å²) in [5.41, 5.74) is 6.00. The Hall–Kier alpha value is -2.42. The standard InChI is InChI=1S/C19H19N3/c1-3-9-15(10-4-1)19(16-11-5-2-6-12-16)22-18-14-8-7-13-17(18)20-21-22/h1,3-4,7-10,13-14H,2,5-6,11-12H2. The van der Waals surface area contributed by atoms with Gasteiger partial charge in [0.2, 0.25) is 0 Å². The molecule has 0 N–H and O–H groups in total. The Labute approximate surface area is 130 Å². The highest BCUT2D eigenvalue weighted by molar-refractivity contribution is 5.82. The molecule has 0 saturated heterocycles. The molecule has 1 saturated carbocycles. The molecule has 0 unspecified atom stereocenters. The quantitative estimate of drug-likeness (QED) is 0.687. The fraction of sp³-hybridized carbons (Fsp3) is 0.263. The van der Waals surface area contributed by atoms with Gasteiger partial charge in [-0.2, -0.15) is 0 Å². The first-order valence-electron chi connectivity index (χ1n) is 8.02. The van der Waals surface area contributed by atoms with E-state index in [9.17, 15) is 0 Å². The van der Waals surface area contributed by atoms with Gasteiger partial charge in [0.15, 0.2) is 0 Å². The van der Waals surface area contributed by atoms with Crippen LogP contribution in [0.25, 0.3) is 16.7 Å². The van der Waals surface area contributed by atoms with Crippen molar-refractivity contribution in [3.63, 3.8) is 0 Å². The van der Waals surface area contributed by atoms with Crippen molar-refractivity contribution in [2.45, 2.75) is 32.1 Å². The average molecular weight is 289 g/mol. The first-order chi connectivity index (χ1) is 10.9. The van der Waals surface area contributed by atoms with Crippen molar-refractivity contribution in [3.05, 3.63) is 65.7 Å². The number of nitrogens with zero attached hydrogens (tertiary/aromatic N) is 3. The van der Waals surface area contributed by atoms with Crippen molar-refractivity contribution in [2.24, 2.45) is 0 Å². The molecule has 3 aromatic rings. The predicted octanol–water partition coefficient (Wildman–Crippen LogP) is 4.65. The van der Waals surface area contributed by atoms with Crippen molar-refractivity contribution >= 4 is 16.7 Å². The second kappa shape index (κ2) is 5.76. The van der Waals surface area contributed by atoms with Crippen LogP contribution < -0.4 is 0 Å². The Morgan fingerprint density at radius 3 is 2.36 bits per heavy atom. The first-order valence-corrected chi connectivity index (χ1v) is 8.02. The molecule has 1 aliphatic rings. The second-order valence-corrected chi connectivity index (χ2v) is 5.87. The van der Waals surface area contributed by atoms with Gasteiger partial charge in [-0.25, -0.2) is 4.68 Å². The van der Waals surface area contributed by atoms with Gasteiger partial charge < -0.3 is 0 Å². The average Bonchev–Trinajstić information content (AvgIpc) is 3.01. The van der Waals surface area contributed by atoms with Crippen LogP contribution in [0.4, 0.5) is 0 Å². The van der Waals surface area contributed by atoms with Crippen LogP contribution in [0.15, 0.2) is 60.2 Å². The molecule has 1 fully saturated rings. The summed E-state index contributed by atoms with van der Waals surface area (Å²) in [6.45, 7) is 0. The summed E-state index contributed by atoms with van der Waals surface area (Å²) in [5, 5.41) is 8.79. The molecular formula is C19H19N3. The molecule has 0 spiro atoms. The van der Waals surface area contributed by atoms with Gasteiger partial charge in [-0.15, -0.1) is 5.10 Å². The van der Waals surface area contributed by atoms with Crippen LogP contribution in [0.5, 0.6) is 0 Å². The largest absolute Gasteiger partial charge is 0.212 e. The third kappa shape index (κ3) is 2.33. The lowest BCUT2D eigenvalue weighted by Gasteiger charge is -2.20. The summed E-state index contributed by atoms with van der Waals surface area (Å²) < 4.78 is 2.03. The zero-order valence-corrected chi connectivity index (χ0v) is 12.6. The number of allylic oxidation sites excluding steroid dienone is 1. The molecule has 4 rings (SSSR count). The van der Waals surface area contributed by atoms with Crippen LogP contribution in [0, 0.1) is 0 Å². The molecule has 110 valence electrons. The molecule has 0 atom stereocenters. The molecule has 0 amide bonds. The summed E-state index contributed by atoms with van der Waals surface area (Å²) in [7, 11) is 0. The minimum Gasteiger partial charge on any atom is -0.212 e. The number of fused-ring (bicyclic) bond motifs is 1. The van der Waals surface area contributed by atoms with Gasteiger partial charge in [-0.1, -0.05) is 54.1 Å². The van der Waals surface area contributed by atoms with Gasteiger partial charge in [0.25, 0.3) is 0 Å². The minimum atomic E-state index is 0.951. The van der Waals surface area contributed by atoms with Gasteiger partial charge in [0, 0.05) is 5.56 Å². The highest BCUT2D eigenvalue weighted by atomic mass is 15.4. The number of benzene rings is 2. The highest BCUT2D eigenvalue weighted by Gasteiger charge is 2.17. The number of aromatic nitrogens is 3. The summed E-state index contributed by atoms with van der Waals surface area (Å²) in [5.74, 6) is 0. The number of rotatable bonds is 2. The molecule has 1 heterocycles. The molecule has 3 heteroatoms. The van der Waals surface area contributed by atoms with E-state index in [0.29, 0.717) is 0 Å². The van der Waals surface area contributed by atoms with E-state index in [-0.39, 0.29) is 0 Å². The van der Waals surface area contributed by atoms with Crippen LogP contribution in [0.2, 0.25) is 0 Å². The molecule has 1 aromatic heterocycles. The van der Waals surface area contributed by atoms with Gasteiger partial charge in [-0.05, 0) is 43.4 Å². The van der Waals surface area contributed by atoms with Crippen LogP contribution >= 0.6 is 0 Å². The Morgan fingerprint density at radius 1 is 0.818 bits per heavy atom. The molecule has 0 radical (unpaired) electrons. The predicted molar refractivity (Wildman–Crippen MR) is 89.4 cm³/mol. The van der Waals surface area contributed by atoms with Crippen LogP contribution in [-0.4, -0.2) is 15.0 Å². The molecule has 0 aliphatic heterocycles. The van der Waals surface area contributed by atoms with E-state index in [1.165, 1.54) is 48.9 Å². The van der Waals surface area contributed by atoms with Gasteiger partial charge in [0.1, 0.15) is 5.52 Å². The zero-order chi connectivity index (χ0) is 14.8. The number of para-hydroxylation sites is 1. The fourth-order valence-electron chi connectivity index (χ4n) is 3.32. The third-order valence-electron chi connectivity index (χ3n) is 4.40. The van der Waals surface area contributed by atoms with Crippen molar-refractivity contribution in [3.8, 4) is 0 Å².